The fourth-order valence-corrected chi connectivity index (χ4v) is 1.76. The first-order valence-electron chi connectivity index (χ1n) is 6.78. The Kier molecular flexibility index (Phi) is 6.31. The Morgan fingerprint density at radius 2 is 2.00 bits per heavy atom. The SMILES string of the molecule is CN(CC(C)(C)O)C(=O)NCCCOc1ccccc1. The quantitative estimate of drug-likeness (QED) is 0.750. The van der Waals surface area contributed by atoms with Crippen LogP contribution in [0.1, 0.15) is 20.3 Å². The van der Waals surface area contributed by atoms with Gasteiger partial charge in [-0.3, -0.25) is 0 Å². The van der Waals surface area contributed by atoms with E-state index in [-0.39, 0.29) is 6.03 Å². The van der Waals surface area contributed by atoms with Gasteiger partial charge < -0.3 is 20.1 Å². The third kappa shape index (κ3) is 6.99. The van der Waals surface area contributed by atoms with Gasteiger partial charge in [-0.25, -0.2) is 4.79 Å². The zero-order valence-electron chi connectivity index (χ0n) is 12.4. The van der Waals surface area contributed by atoms with Crippen molar-refractivity contribution >= 4 is 6.03 Å². The third-order valence-electron chi connectivity index (χ3n) is 2.58. The molecule has 20 heavy (non-hydrogen) atoms. The van der Waals surface area contributed by atoms with Gasteiger partial charge in [0.1, 0.15) is 5.75 Å². The Bertz CT molecular complexity index is 401. The van der Waals surface area contributed by atoms with Crippen LogP contribution in [0.2, 0.25) is 0 Å². The fraction of sp³-hybridized carbons (Fsp3) is 0.533. The van der Waals surface area contributed by atoms with E-state index in [4.69, 9.17) is 4.74 Å². The molecule has 2 N–H and O–H groups in total. The molecule has 1 aromatic carbocycles. The second-order valence-electron chi connectivity index (χ2n) is 5.42. The Balaban J connectivity index is 2.13. The number of carbonyl (C=O) groups is 1. The summed E-state index contributed by atoms with van der Waals surface area (Å²) in [5.41, 5.74) is -0.886. The number of rotatable bonds is 7. The molecule has 0 aliphatic rings. The van der Waals surface area contributed by atoms with Crippen molar-refractivity contribution in [2.24, 2.45) is 0 Å². The molecule has 0 radical (unpaired) electrons. The molecule has 0 aliphatic carbocycles. The van der Waals surface area contributed by atoms with Crippen LogP contribution in [0.25, 0.3) is 0 Å². The van der Waals surface area contributed by atoms with E-state index in [1.165, 1.54) is 4.90 Å². The average Bonchev–Trinajstić information content (AvgIpc) is 2.37. The molecule has 112 valence electrons. The van der Waals surface area contributed by atoms with Crippen LogP contribution in [0.3, 0.4) is 0 Å². The monoisotopic (exact) mass is 280 g/mol. The number of hydrogen-bond acceptors (Lipinski definition) is 3. The summed E-state index contributed by atoms with van der Waals surface area (Å²) in [5, 5.41) is 12.4. The molecule has 0 unspecified atom stereocenters. The highest BCUT2D eigenvalue weighted by atomic mass is 16.5. The van der Waals surface area contributed by atoms with E-state index in [0.29, 0.717) is 19.7 Å². The van der Waals surface area contributed by atoms with Crippen LogP contribution in [0.5, 0.6) is 5.75 Å². The minimum Gasteiger partial charge on any atom is -0.494 e. The number of benzene rings is 1. The number of ether oxygens (including phenoxy) is 1. The van der Waals surface area contributed by atoms with Gasteiger partial charge in [-0.1, -0.05) is 18.2 Å². The van der Waals surface area contributed by atoms with Gasteiger partial charge in [0.2, 0.25) is 0 Å². The molecular weight excluding hydrogens is 256 g/mol. The molecule has 0 bridgehead atoms. The lowest BCUT2D eigenvalue weighted by molar-refractivity contribution is 0.0532. The highest BCUT2D eigenvalue weighted by Crippen LogP contribution is 2.08. The van der Waals surface area contributed by atoms with Gasteiger partial charge in [0.15, 0.2) is 0 Å². The second-order valence-corrected chi connectivity index (χ2v) is 5.42. The van der Waals surface area contributed by atoms with E-state index in [9.17, 15) is 9.90 Å². The number of urea groups is 1. The number of amides is 2. The minimum absolute atomic E-state index is 0.188. The number of para-hydroxylation sites is 1. The van der Waals surface area contributed by atoms with Crippen LogP contribution in [0, 0.1) is 0 Å². The van der Waals surface area contributed by atoms with Gasteiger partial charge in [0.05, 0.1) is 18.8 Å². The van der Waals surface area contributed by atoms with Crippen LogP contribution in [-0.2, 0) is 0 Å². The maximum absolute atomic E-state index is 11.7. The number of nitrogens with one attached hydrogen (secondary N) is 1. The first-order chi connectivity index (χ1) is 9.38. The highest BCUT2D eigenvalue weighted by Gasteiger charge is 2.18. The minimum atomic E-state index is -0.886. The summed E-state index contributed by atoms with van der Waals surface area (Å²) in [5.74, 6) is 0.831. The molecule has 0 saturated carbocycles. The van der Waals surface area contributed by atoms with Crippen molar-refractivity contribution in [3.05, 3.63) is 30.3 Å². The first kappa shape index (κ1) is 16.3. The van der Waals surface area contributed by atoms with Crippen LogP contribution >= 0.6 is 0 Å². The first-order valence-corrected chi connectivity index (χ1v) is 6.78. The highest BCUT2D eigenvalue weighted by molar-refractivity contribution is 5.73. The summed E-state index contributed by atoms with van der Waals surface area (Å²) in [7, 11) is 1.66. The standard InChI is InChI=1S/C15H24N2O3/c1-15(2,19)12-17(3)14(18)16-10-7-11-20-13-8-5-4-6-9-13/h4-6,8-9,19H,7,10-12H2,1-3H3,(H,16,18). The molecule has 1 aromatic rings. The second kappa shape index (κ2) is 7.75. The fourth-order valence-electron chi connectivity index (χ4n) is 1.76. The normalized spacial score (nSPS) is 11.0. The number of nitrogens with zero attached hydrogens (tertiary/aromatic N) is 1. The smallest absolute Gasteiger partial charge is 0.317 e. The predicted molar refractivity (Wildman–Crippen MR) is 78.9 cm³/mol. The van der Waals surface area contributed by atoms with Crippen molar-refractivity contribution in [3.63, 3.8) is 0 Å². The summed E-state index contributed by atoms with van der Waals surface area (Å²) in [6.45, 7) is 4.73. The van der Waals surface area contributed by atoms with Gasteiger partial charge in [-0.2, -0.15) is 0 Å². The Hall–Kier alpha value is -1.75. The molecule has 0 atom stereocenters. The van der Waals surface area contributed by atoms with Gasteiger partial charge in [-0.05, 0) is 32.4 Å². The molecule has 5 nitrogen and oxygen atoms in total. The van der Waals surface area contributed by atoms with E-state index >= 15 is 0 Å². The zero-order valence-corrected chi connectivity index (χ0v) is 12.4. The molecule has 0 spiro atoms. The molecule has 1 rings (SSSR count). The van der Waals surface area contributed by atoms with Crippen molar-refractivity contribution in [2.75, 3.05) is 26.7 Å². The van der Waals surface area contributed by atoms with Gasteiger partial charge >= 0.3 is 6.03 Å². The molecule has 2 amide bonds. The van der Waals surface area contributed by atoms with E-state index in [2.05, 4.69) is 5.32 Å². The lowest BCUT2D eigenvalue weighted by Gasteiger charge is -2.25. The predicted octanol–water partition coefficient (Wildman–Crippen LogP) is 1.87. The summed E-state index contributed by atoms with van der Waals surface area (Å²) in [4.78, 5) is 13.2. The summed E-state index contributed by atoms with van der Waals surface area (Å²) in [6.07, 6.45) is 0.733. The van der Waals surface area contributed by atoms with Crippen LogP contribution in [0.4, 0.5) is 4.79 Å². The Morgan fingerprint density at radius 3 is 2.60 bits per heavy atom. The van der Waals surface area contributed by atoms with Gasteiger partial charge in [0.25, 0.3) is 0 Å². The van der Waals surface area contributed by atoms with Crippen molar-refractivity contribution in [3.8, 4) is 5.75 Å². The van der Waals surface area contributed by atoms with Crippen LogP contribution in [-0.4, -0.2) is 48.4 Å². The van der Waals surface area contributed by atoms with Crippen molar-refractivity contribution in [2.45, 2.75) is 25.9 Å². The summed E-state index contributed by atoms with van der Waals surface area (Å²) in [6, 6.07) is 9.38. The number of hydrogen-bond donors (Lipinski definition) is 2. The molecule has 0 heterocycles. The lowest BCUT2D eigenvalue weighted by Crippen LogP contribution is -2.44. The van der Waals surface area contributed by atoms with Crippen LogP contribution < -0.4 is 10.1 Å². The van der Waals surface area contributed by atoms with E-state index in [1.807, 2.05) is 30.3 Å². The maximum Gasteiger partial charge on any atom is 0.317 e. The summed E-state index contributed by atoms with van der Waals surface area (Å²) >= 11 is 0. The molecule has 5 heteroatoms. The van der Waals surface area contributed by atoms with E-state index < -0.39 is 5.60 Å². The zero-order chi connectivity index (χ0) is 15.0. The van der Waals surface area contributed by atoms with Crippen molar-refractivity contribution in [1.82, 2.24) is 10.2 Å². The molecule has 0 aliphatic heterocycles. The van der Waals surface area contributed by atoms with E-state index in [1.54, 1.807) is 20.9 Å². The van der Waals surface area contributed by atoms with Crippen molar-refractivity contribution in [1.29, 1.82) is 0 Å². The van der Waals surface area contributed by atoms with Gasteiger partial charge in [0, 0.05) is 13.6 Å². The molecule has 0 aromatic heterocycles. The van der Waals surface area contributed by atoms with Crippen LogP contribution in [0.15, 0.2) is 30.3 Å². The summed E-state index contributed by atoms with van der Waals surface area (Å²) < 4.78 is 5.52. The number of aliphatic hydroxyl groups is 1. The van der Waals surface area contributed by atoms with Gasteiger partial charge in [-0.15, -0.1) is 0 Å². The third-order valence-corrected chi connectivity index (χ3v) is 2.58. The molecule has 0 fully saturated rings. The Labute approximate surface area is 120 Å². The largest absolute Gasteiger partial charge is 0.494 e. The Morgan fingerprint density at radius 1 is 1.35 bits per heavy atom. The lowest BCUT2D eigenvalue weighted by atomic mass is 10.1. The maximum atomic E-state index is 11.7. The topological polar surface area (TPSA) is 61.8 Å². The van der Waals surface area contributed by atoms with Crippen molar-refractivity contribution < 1.29 is 14.6 Å². The molecular formula is C15H24N2O3. The number of carbonyl (C=O) groups excluding carboxylic acids is 1. The average molecular weight is 280 g/mol. The molecule has 0 saturated heterocycles. The van der Waals surface area contributed by atoms with E-state index in [0.717, 1.165) is 12.2 Å². The number of likely N-dealkylation sites (N-methyl/N-ethyl adjacent to an activating group) is 1.